The van der Waals surface area contributed by atoms with Gasteiger partial charge in [0.2, 0.25) is 0 Å². The molecule has 1 heterocycles. The van der Waals surface area contributed by atoms with E-state index in [0.29, 0.717) is 16.8 Å². The van der Waals surface area contributed by atoms with Crippen molar-refractivity contribution in [2.75, 3.05) is 0 Å². The lowest BCUT2D eigenvalue weighted by Crippen LogP contribution is -1.97. The predicted molar refractivity (Wildman–Crippen MR) is 84.9 cm³/mol. The summed E-state index contributed by atoms with van der Waals surface area (Å²) >= 11 is 0. The Morgan fingerprint density at radius 3 is 2.70 bits per heavy atom. The average Bonchev–Trinajstić information content (AvgIpc) is 2.54. The zero-order valence-corrected chi connectivity index (χ0v) is 11.8. The Morgan fingerprint density at radius 2 is 1.91 bits per heavy atom. The quantitative estimate of drug-likeness (QED) is 0.592. The van der Waals surface area contributed by atoms with Crippen molar-refractivity contribution in [3.05, 3.63) is 69.9 Å². The van der Waals surface area contributed by atoms with Crippen LogP contribution >= 0.6 is 0 Å². The number of pyridine rings is 1. The first-order chi connectivity index (χ1) is 11.0. The molecule has 0 amide bonds. The van der Waals surface area contributed by atoms with Crippen molar-refractivity contribution in [2.24, 2.45) is 0 Å². The highest BCUT2D eigenvalue weighted by Crippen LogP contribution is 2.25. The molecule has 0 atom stereocenters. The van der Waals surface area contributed by atoms with E-state index in [0.717, 1.165) is 11.5 Å². The van der Waals surface area contributed by atoms with Crippen LogP contribution in [-0.2, 0) is 0 Å². The number of benzene rings is 2. The lowest BCUT2D eigenvalue weighted by molar-refractivity contribution is -0.398. The number of phenolic OH excluding ortho intramolecular Hbond substituents is 1. The summed E-state index contributed by atoms with van der Waals surface area (Å²) < 4.78 is 0. The van der Waals surface area contributed by atoms with E-state index >= 15 is 0 Å². The maximum atomic E-state index is 11.4. The molecule has 0 fully saturated rings. The molecule has 2 aromatic carbocycles. The van der Waals surface area contributed by atoms with Gasteiger partial charge >= 0.3 is 0 Å². The summed E-state index contributed by atoms with van der Waals surface area (Å²) in [5, 5.41) is 32.8. The van der Waals surface area contributed by atoms with Crippen LogP contribution in [0.25, 0.3) is 23.1 Å². The second-order valence-electron chi connectivity index (χ2n) is 4.90. The molecule has 114 valence electrons. The summed E-state index contributed by atoms with van der Waals surface area (Å²) in [6.45, 7) is 0. The number of nitro benzene ring substituents is 1. The van der Waals surface area contributed by atoms with E-state index in [1.807, 2.05) is 12.1 Å². The molecule has 0 saturated heterocycles. The van der Waals surface area contributed by atoms with Gasteiger partial charge in [-0.15, -0.1) is 0 Å². The minimum absolute atomic E-state index is 0.0871. The molecular formula is C17H11N2O4-. The molecule has 23 heavy (non-hydrogen) atoms. The largest absolute Gasteiger partial charge is 0.868 e. The van der Waals surface area contributed by atoms with Crippen molar-refractivity contribution >= 4 is 28.7 Å². The van der Waals surface area contributed by atoms with E-state index in [4.69, 9.17) is 0 Å². The Labute approximate surface area is 131 Å². The maximum absolute atomic E-state index is 11.4. The van der Waals surface area contributed by atoms with E-state index in [9.17, 15) is 20.3 Å². The standard InChI is InChI=1S/C17H12N2O4/c20-15-9-5-11(10-14(15)19(22)23)4-7-13-8-6-12-2-1-3-16(21)17(12)18-13/h1-10,20-21H/p-1/b7-4+. The Bertz CT molecular complexity index is 935. The molecule has 6 nitrogen and oxygen atoms in total. The summed E-state index contributed by atoms with van der Waals surface area (Å²) in [6, 6.07) is 12.6. The molecule has 0 saturated carbocycles. The Morgan fingerprint density at radius 1 is 1.09 bits per heavy atom. The number of aromatic nitrogens is 1. The number of hydrogen-bond donors (Lipinski definition) is 1. The van der Waals surface area contributed by atoms with Crippen molar-refractivity contribution in [2.45, 2.75) is 0 Å². The molecule has 0 aliphatic carbocycles. The molecule has 1 aromatic heterocycles. The Balaban J connectivity index is 1.95. The molecule has 0 aliphatic heterocycles. The number of rotatable bonds is 3. The van der Waals surface area contributed by atoms with E-state index in [1.165, 1.54) is 12.1 Å². The number of phenols is 1. The first-order valence-corrected chi connectivity index (χ1v) is 6.77. The van der Waals surface area contributed by atoms with Gasteiger partial charge in [0, 0.05) is 11.5 Å². The third-order valence-corrected chi connectivity index (χ3v) is 3.35. The van der Waals surface area contributed by atoms with Crippen LogP contribution < -0.4 is 5.11 Å². The first-order valence-electron chi connectivity index (χ1n) is 6.77. The summed E-state index contributed by atoms with van der Waals surface area (Å²) in [7, 11) is 0. The van der Waals surface area contributed by atoms with E-state index < -0.39 is 16.4 Å². The van der Waals surface area contributed by atoms with Crippen LogP contribution in [0.1, 0.15) is 11.3 Å². The van der Waals surface area contributed by atoms with Crippen molar-refractivity contribution < 1.29 is 15.1 Å². The maximum Gasteiger partial charge on any atom is 0.262 e. The van der Waals surface area contributed by atoms with Gasteiger partial charge < -0.3 is 10.2 Å². The second-order valence-corrected chi connectivity index (χ2v) is 4.90. The van der Waals surface area contributed by atoms with Gasteiger partial charge in [-0.3, -0.25) is 10.1 Å². The van der Waals surface area contributed by atoms with Crippen LogP contribution in [-0.4, -0.2) is 15.0 Å². The zero-order chi connectivity index (χ0) is 16.4. The van der Waals surface area contributed by atoms with Gasteiger partial charge in [-0.1, -0.05) is 36.4 Å². The van der Waals surface area contributed by atoms with E-state index in [2.05, 4.69) is 4.98 Å². The fourth-order valence-electron chi connectivity index (χ4n) is 2.20. The molecule has 0 aliphatic rings. The highest BCUT2D eigenvalue weighted by atomic mass is 16.6. The average molecular weight is 307 g/mol. The molecular weight excluding hydrogens is 296 g/mol. The molecule has 0 radical (unpaired) electrons. The summed E-state index contributed by atoms with van der Waals surface area (Å²) in [5.41, 5.74) is 1.13. The minimum atomic E-state index is -0.702. The van der Waals surface area contributed by atoms with Crippen molar-refractivity contribution in [3.8, 4) is 11.5 Å². The number of nitro groups is 1. The molecule has 0 spiro atoms. The Kier molecular flexibility index (Phi) is 3.64. The molecule has 3 rings (SSSR count). The zero-order valence-electron chi connectivity index (χ0n) is 11.8. The first kappa shape index (κ1) is 14.5. The number of nitrogens with zero attached hydrogens (tertiary/aromatic N) is 2. The summed E-state index contributed by atoms with van der Waals surface area (Å²) in [4.78, 5) is 14.4. The van der Waals surface area contributed by atoms with Gasteiger partial charge in [-0.2, -0.15) is 0 Å². The van der Waals surface area contributed by atoms with Crippen molar-refractivity contribution in [1.82, 2.24) is 4.98 Å². The van der Waals surface area contributed by atoms with Gasteiger partial charge in [0.25, 0.3) is 5.69 Å². The van der Waals surface area contributed by atoms with Crippen molar-refractivity contribution in [1.29, 1.82) is 0 Å². The molecule has 0 bridgehead atoms. The Hall–Kier alpha value is -3.41. The monoisotopic (exact) mass is 307 g/mol. The molecule has 6 heteroatoms. The van der Waals surface area contributed by atoms with Crippen LogP contribution in [0.3, 0.4) is 0 Å². The van der Waals surface area contributed by atoms with Crippen LogP contribution in [0.5, 0.6) is 11.5 Å². The predicted octanol–water partition coefficient (Wildman–Crippen LogP) is 3.09. The number of aromatic hydroxyl groups is 1. The van der Waals surface area contributed by atoms with Gasteiger partial charge in [0.1, 0.15) is 11.3 Å². The number of fused-ring (bicyclic) bond motifs is 1. The molecule has 0 unspecified atom stereocenters. The van der Waals surface area contributed by atoms with E-state index in [1.54, 1.807) is 30.4 Å². The smallest absolute Gasteiger partial charge is 0.262 e. The van der Waals surface area contributed by atoms with Gasteiger partial charge in [-0.25, -0.2) is 4.98 Å². The van der Waals surface area contributed by atoms with Gasteiger partial charge in [-0.05, 0) is 29.5 Å². The van der Waals surface area contributed by atoms with Gasteiger partial charge in [0.05, 0.1) is 10.6 Å². The van der Waals surface area contributed by atoms with Gasteiger partial charge in [0.15, 0.2) is 0 Å². The second kappa shape index (κ2) is 5.76. The fraction of sp³-hybridized carbons (Fsp3) is 0. The normalized spacial score (nSPS) is 11.1. The van der Waals surface area contributed by atoms with Crippen LogP contribution in [0.2, 0.25) is 0 Å². The van der Waals surface area contributed by atoms with Crippen LogP contribution in [0.4, 0.5) is 5.69 Å². The summed E-state index contributed by atoms with van der Waals surface area (Å²) in [6.07, 6.45) is 3.29. The van der Waals surface area contributed by atoms with Crippen LogP contribution in [0.15, 0.2) is 48.5 Å². The third-order valence-electron chi connectivity index (χ3n) is 3.35. The number of hydrogen-bond acceptors (Lipinski definition) is 5. The topological polar surface area (TPSA) is 99.3 Å². The van der Waals surface area contributed by atoms with E-state index in [-0.39, 0.29) is 5.75 Å². The highest BCUT2D eigenvalue weighted by molar-refractivity contribution is 5.85. The van der Waals surface area contributed by atoms with Crippen molar-refractivity contribution in [3.63, 3.8) is 0 Å². The third kappa shape index (κ3) is 2.96. The molecule has 3 aromatic rings. The number of para-hydroxylation sites is 1. The lowest BCUT2D eigenvalue weighted by atomic mass is 10.1. The minimum Gasteiger partial charge on any atom is -0.868 e. The highest BCUT2D eigenvalue weighted by Gasteiger charge is 2.06. The molecule has 1 N–H and O–H groups in total. The lowest BCUT2D eigenvalue weighted by Gasteiger charge is -2.06. The van der Waals surface area contributed by atoms with Crippen LogP contribution in [0, 0.1) is 10.1 Å². The summed E-state index contributed by atoms with van der Waals surface area (Å²) in [5.74, 6) is -0.537. The fourth-order valence-corrected chi connectivity index (χ4v) is 2.20. The SMILES string of the molecule is O=[N+]([O-])c1cc(/C=C/c2ccc3cccc(O)c3n2)ccc1[O-].